The molecule has 0 aromatic heterocycles. The van der Waals surface area contributed by atoms with E-state index in [1.165, 1.54) is 31.2 Å². The maximum absolute atomic E-state index is 13.6. The largest absolute Gasteiger partial charge is 0.573 e. The van der Waals surface area contributed by atoms with Crippen LogP contribution in [0.1, 0.15) is 22.8 Å². The average Bonchev–Trinajstić information content (AvgIpc) is 2.44. The van der Waals surface area contributed by atoms with E-state index in [0.29, 0.717) is 5.56 Å². The van der Waals surface area contributed by atoms with Gasteiger partial charge in [-0.05, 0) is 36.8 Å². The van der Waals surface area contributed by atoms with Crippen molar-refractivity contribution in [1.82, 2.24) is 0 Å². The molecule has 0 aliphatic heterocycles. The zero-order chi connectivity index (χ0) is 17.0. The van der Waals surface area contributed by atoms with Crippen LogP contribution in [0.5, 0.6) is 11.5 Å². The molecule has 0 heterocycles. The molecule has 0 bridgehead atoms. The fourth-order valence-corrected chi connectivity index (χ4v) is 1.83. The van der Waals surface area contributed by atoms with Crippen molar-refractivity contribution in [3.63, 3.8) is 0 Å². The molecular weight excluding hydrogens is 316 g/mol. The number of rotatable bonds is 5. The summed E-state index contributed by atoms with van der Waals surface area (Å²) in [4.78, 5) is 11.1. The first-order chi connectivity index (χ1) is 10.7. The van der Waals surface area contributed by atoms with Crippen LogP contribution in [0.25, 0.3) is 0 Å². The molecule has 7 heteroatoms. The van der Waals surface area contributed by atoms with E-state index >= 15 is 0 Å². The van der Waals surface area contributed by atoms with Gasteiger partial charge in [-0.25, -0.2) is 4.39 Å². The molecule has 3 nitrogen and oxygen atoms in total. The molecule has 0 fully saturated rings. The Hall–Kier alpha value is -2.57. The monoisotopic (exact) mass is 328 g/mol. The van der Waals surface area contributed by atoms with Crippen molar-refractivity contribution in [3.8, 4) is 11.5 Å². The molecule has 2 aromatic carbocycles. The zero-order valence-electron chi connectivity index (χ0n) is 12.0. The molecule has 23 heavy (non-hydrogen) atoms. The molecule has 0 spiro atoms. The quantitative estimate of drug-likeness (QED) is 0.598. The average molecular weight is 328 g/mol. The lowest BCUT2D eigenvalue weighted by molar-refractivity contribution is -0.274. The number of ketones is 1. The summed E-state index contributed by atoms with van der Waals surface area (Å²) in [6.07, 6.45) is -4.74. The normalized spacial score (nSPS) is 11.2. The van der Waals surface area contributed by atoms with Gasteiger partial charge in [0, 0.05) is 6.07 Å². The number of hydrogen-bond donors (Lipinski definition) is 0. The molecule has 0 aliphatic carbocycles. The highest BCUT2D eigenvalue weighted by Crippen LogP contribution is 2.23. The van der Waals surface area contributed by atoms with E-state index in [1.807, 2.05) is 0 Å². The standard InChI is InChI=1S/C16H12F4O3/c1-10(21)14-7-6-13(8-15(14)17)22-9-11-2-4-12(5-3-11)23-16(18,19)20/h2-8H,9H2,1H3. The van der Waals surface area contributed by atoms with Gasteiger partial charge in [0.1, 0.15) is 23.9 Å². The van der Waals surface area contributed by atoms with Gasteiger partial charge < -0.3 is 9.47 Å². The van der Waals surface area contributed by atoms with Crippen LogP contribution in [0.15, 0.2) is 42.5 Å². The second-order valence-electron chi connectivity index (χ2n) is 4.68. The summed E-state index contributed by atoms with van der Waals surface area (Å²) in [5.41, 5.74) is 0.543. The molecule has 2 rings (SSSR count). The first-order valence-electron chi connectivity index (χ1n) is 6.52. The van der Waals surface area contributed by atoms with E-state index in [-0.39, 0.29) is 23.7 Å². The van der Waals surface area contributed by atoms with Crippen LogP contribution in [-0.4, -0.2) is 12.1 Å². The number of ether oxygens (including phenoxy) is 2. The van der Waals surface area contributed by atoms with Gasteiger partial charge in [0.25, 0.3) is 0 Å². The van der Waals surface area contributed by atoms with Crippen molar-refractivity contribution in [3.05, 3.63) is 59.4 Å². The van der Waals surface area contributed by atoms with Crippen LogP contribution in [-0.2, 0) is 6.61 Å². The Morgan fingerprint density at radius 1 is 1.04 bits per heavy atom. The maximum Gasteiger partial charge on any atom is 0.573 e. The lowest BCUT2D eigenvalue weighted by Gasteiger charge is -2.10. The third kappa shape index (κ3) is 4.98. The zero-order valence-corrected chi connectivity index (χ0v) is 12.0. The van der Waals surface area contributed by atoms with Gasteiger partial charge in [0.2, 0.25) is 0 Å². The van der Waals surface area contributed by atoms with Crippen LogP contribution < -0.4 is 9.47 Å². The van der Waals surface area contributed by atoms with E-state index in [0.717, 1.165) is 18.2 Å². The summed E-state index contributed by atoms with van der Waals surface area (Å²) in [5, 5.41) is 0. The number of Topliss-reactive ketones (excluding diaryl/α,β-unsaturated/α-hetero) is 1. The number of carbonyl (C=O) groups excluding carboxylic acids is 1. The van der Waals surface area contributed by atoms with E-state index in [4.69, 9.17) is 4.74 Å². The Morgan fingerprint density at radius 2 is 1.65 bits per heavy atom. The highest BCUT2D eigenvalue weighted by atomic mass is 19.4. The second-order valence-corrected chi connectivity index (χ2v) is 4.68. The third-order valence-corrected chi connectivity index (χ3v) is 2.88. The van der Waals surface area contributed by atoms with Crippen LogP contribution in [0.4, 0.5) is 17.6 Å². The maximum atomic E-state index is 13.6. The molecule has 0 amide bonds. The predicted octanol–water partition coefficient (Wildman–Crippen LogP) is 4.51. The topological polar surface area (TPSA) is 35.5 Å². The molecule has 0 radical (unpaired) electrons. The first kappa shape index (κ1) is 16.8. The van der Waals surface area contributed by atoms with Gasteiger partial charge in [-0.3, -0.25) is 4.79 Å². The van der Waals surface area contributed by atoms with Crippen LogP contribution >= 0.6 is 0 Å². The van der Waals surface area contributed by atoms with E-state index in [2.05, 4.69) is 4.74 Å². The second kappa shape index (κ2) is 6.68. The van der Waals surface area contributed by atoms with Gasteiger partial charge in [-0.1, -0.05) is 12.1 Å². The lowest BCUT2D eigenvalue weighted by atomic mass is 10.1. The van der Waals surface area contributed by atoms with Crippen molar-refractivity contribution < 1.29 is 31.8 Å². The van der Waals surface area contributed by atoms with E-state index in [9.17, 15) is 22.4 Å². The van der Waals surface area contributed by atoms with Gasteiger partial charge in [-0.2, -0.15) is 0 Å². The number of benzene rings is 2. The highest BCUT2D eigenvalue weighted by molar-refractivity contribution is 5.94. The van der Waals surface area contributed by atoms with Crippen molar-refractivity contribution in [2.45, 2.75) is 19.9 Å². The summed E-state index contributed by atoms with van der Waals surface area (Å²) < 4.78 is 58.8. The molecule has 2 aromatic rings. The molecule has 0 N–H and O–H groups in total. The van der Waals surface area contributed by atoms with Crippen molar-refractivity contribution in [2.24, 2.45) is 0 Å². The summed E-state index contributed by atoms with van der Waals surface area (Å²) in [7, 11) is 0. The van der Waals surface area contributed by atoms with E-state index in [1.54, 1.807) is 0 Å². The van der Waals surface area contributed by atoms with Gasteiger partial charge >= 0.3 is 6.36 Å². The summed E-state index contributed by atoms with van der Waals surface area (Å²) in [5.74, 6) is -1.21. The van der Waals surface area contributed by atoms with Crippen LogP contribution in [0, 0.1) is 5.82 Å². The summed E-state index contributed by atoms with van der Waals surface area (Å²) in [6, 6.07) is 8.96. The minimum Gasteiger partial charge on any atom is -0.489 e. The molecule has 0 atom stereocenters. The lowest BCUT2D eigenvalue weighted by Crippen LogP contribution is -2.17. The van der Waals surface area contributed by atoms with Gasteiger partial charge in [0.05, 0.1) is 5.56 Å². The summed E-state index contributed by atoms with van der Waals surface area (Å²) in [6.45, 7) is 1.29. The number of halogens is 4. The fraction of sp³-hybridized carbons (Fsp3) is 0.188. The third-order valence-electron chi connectivity index (χ3n) is 2.88. The predicted molar refractivity (Wildman–Crippen MR) is 73.9 cm³/mol. The molecule has 0 unspecified atom stereocenters. The van der Waals surface area contributed by atoms with Crippen molar-refractivity contribution in [2.75, 3.05) is 0 Å². The molecule has 122 valence electrons. The van der Waals surface area contributed by atoms with Crippen LogP contribution in [0.3, 0.4) is 0 Å². The highest BCUT2D eigenvalue weighted by Gasteiger charge is 2.30. The Morgan fingerprint density at radius 3 is 2.17 bits per heavy atom. The molecule has 0 aliphatic rings. The fourth-order valence-electron chi connectivity index (χ4n) is 1.83. The Kier molecular flexibility index (Phi) is 4.88. The summed E-state index contributed by atoms with van der Waals surface area (Å²) >= 11 is 0. The Bertz CT molecular complexity index is 693. The Labute approximate surface area is 129 Å². The van der Waals surface area contributed by atoms with Gasteiger partial charge in [-0.15, -0.1) is 13.2 Å². The first-order valence-corrected chi connectivity index (χ1v) is 6.52. The minimum atomic E-state index is -4.74. The Balaban J connectivity index is 1.98. The molecular formula is C16H12F4O3. The van der Waals surface area contributed by atoms with E-state index < -0.39 is 18.0 Å². The SMILES string of the molecule is CC(=O)c1ccc(OCc2ccc(OC(F)(F)F)cc2)cc1F. The number of carbonyl (C=O) groups is 1. The molecule has 0 saturated heterocycles. The smallest absolute Gasteiger partial charge is 0.489 e. The van der Waals surface area contributed by atoms with Crippen LogP contribution in [0.2, 0.25) is 0 Å². The minimum absolute atomic E-state index is 0.0329. The van der Waals surface area contributed by atoms with Crippen molar-refractivity contribution in [1.29, 1.82) is 0 Å². The molecule has 0 saturated carbocycles. The number of alkyl halides is 3. The van der Waals surface area contributed by atoms with Crippen molar-refractivity contribution >= 4 is 5.78 Å². The van der Waals surface area contributed by atoms with Gasteiger partial charge in [0.15, 0.2) is 5.78 Å². The number of hydrogen-bond acceptors (Lipinski definition) is 3.